The van der Waals surface area contributed by atoms with Crippen molar-refractivity contribution >= 4 is 29.0 Å². The molecule has 1 aromatic heterocycles. The number of rotatable bonds is 4. The monoisotopic (exact) mass is 319 g/mol. The van der Waals surface area contributed by atoms with Crippen LogP contribution in [0.15, 0.2) is 72.1 Å². The molecule has 0 aliphatic carbocycles. The van der Waals surface area contributed by atoms with Gasteiger partial charge in [0.15, 0.2) is 0 Å². The molecule has 0 saturated heterocycles. The van der Waals surface area contributed by atoms with Gasteiger partial charge in [0.25, 0.3) is 0 Å². The molecule has 0 bridgehead atoms. The summed E-state index contributed by atoms with van der Waals surface area (Å²) >= 11 is 1.63. The van der Waals surface area contributed by atoms with Gasteiger partial charge in [0.05, 0.1) is 0 Å². The van der Waals surface area contributed by atoms with E-state index in [0.717, 1.165) is 16.1 Å². The minimum absolute atomic E-state index is 0.117. The molecular weight excluding hydrogens is 302 g/mol. The lowest BCUT2D eigenvalue weighted by atomic mass is 10.1. The van der Waals surface area contributed by atoms with E-state index in [1.165, 1.54) is 11.1 Å². The van der Waals surface area contributed by atoms with Crippen LogP contribution in [0.1, 0.15) is 10.4 Å². The Morgan fingerprint density at radius 1 is 1.00 bits per heavy atom. The number of para-hydroxylation sites is 1. The number of carbonyl (C=O) groups is 1. The van der Waals surface area contributed by atoms with Crippen LogP contribution in [-0.4, -0.2) is 5.91 Å². The second-order valence-corrected chi connectivity index (χ2v) is 6.18. The van der Waals surface area contributed by atoms with Crippen molar-refractivity contribution in [3.05, 3.63) is 82.6 Å². The number of anilines is 1. The molecule has 0 aliphatic heterocycles. The number of carbonyl (C=O) groups excluding carboxylic acids is 1. The van der Waals surface area contributed by atoms with Gasteiger partial charge in [0.1, 0.15) is 0 Å². The maximum absolute atomic E-state index is 12.0. The predicted octanol–water partition coefficient (Wildman–Crippen LogP) is 5.38. The third-order valence-electron chi connectivity index (χ3n) is 3.53. The molecule has 0 fully saturated rings. The molecule has 1 amide bonds. The second-order valence-electron chi connectivity index (χ2n) is 5.24. The van der Waals surface area contributed by atoms with E-state index in [1.54, 1.807) is 17.4 Å². The number of nitrogens with one attached hydrogen (secondary N) is 1. The minimum Gasteiger partial charge on any atom is -0.322 e. The summed E-state index contributed by atoms with van der Waals surface area (Å²) in [6.45, 7) is 1.98. The Hall–Kier alpha value is -2.65. The Kier molecular flexibility index (Phi) is 4.69. The Balaban J connectivity index is 1.68. The lowest BCUT2D eigenvalue weighted by Gasteiger charge is -2.04. The molecule has 3 heteroatoms. The van der Waals surface area contributed by atoms with Crippen molar-refractivity contribution in [2.45, 2.75) is 6.92 Å². The van der Waals surface area contributed by atoms with E-state index in [4.69, 9.17) is 0 Å². The van der Waals surface area contributed by atoms with Gasteiger partial charge in [-0.1, -0.05) is 48.5 Å². The first-order valence-corrected chi connectivity index (χ1v) is 8.29. The van der Waals surface area contributed by atoms with Crippen molar-refractivity contribution in [3.63, 3.8) is 0 Å². The van der Waals surface area contributed by atoms with Gasteiger partial charge in [-0.15, -0.1) is 11.3 Å². The molecule has 1 heterocycles. The summed E-state index contributed by atoms with van der Waals surface area (Å²) in [6, 6.07) is 20.1. The quantitative estimate of drug-likeness (QED) is 0.643. The highest BCUT2D eigenvalue weighted by molar-refractivity contribution is 7.11. The molecule has 0 spiro atoms. The van der Waals surface area contributed by atoms with Crippen molar-refractivity contribution < 1.29 is 4.79 Å². The SMILES string of the molecule is Cc1ccccc1NC(=O)/C=C/c1cc(-c2ccccc2)cs1. The van der Waals surface area contributed by atoms with Crippen molar-refractivity contribution in [1.82, 2.24) is 0 Å². The van der Waals surface area contributed by atoms with Crippen LogP contribution >= 0.6 is 11.3 Å². The van der Waals surface area contributed by atoms with Crippen molar-refractivity contribution in [2.75, 3.05) is 5.32 Å². The Morgan fingerprint density at radius 3 is 2.52 bits per heavy atom. The van der Waals surface area contributed by atoms with E-state index in [1.807, 2.05) is 55.5 Å². The van der Waals surface area contributed by atoms with Crippen LogP contribution in [0.3, 0.4) is 0 Å². The fourth-order valence-electron chi connectivity index (χ4n) is 2.27. The highest BCUT2D eigenvalue weighted by Crippen LogP contribution is 2.26. The first kappa shape index (κ1) is 15.3. The van der Waals surface area contributed by atoms with Gasteiger partial charge in [-0.25, -0.2) is 0 Å². The number of hydrogen-bond donors (Lipinski definition) is 1. The first-order valence-electron chi connectivity index (χ1n) is 7.41. The summed E-state index contributed by atoms with van der Waals surface area (Å²) in [5.74, 6) is -0.117. The first-order chi connectivity index (χ1) is 11.2. The zero-order valence-electron chi connectivity index (χ0n) is 12.8. The maximum atomic E-state index is 12.0. The fraction of sp³-hybridized carbons (Fsp3) is 0.0500. The molecule has 0 saturated carbocycles. The largest absolute Gasteiger partial charge is 0.322 e. The third kappa shape index (κ3) is 3.96. The number of hydrogen-bond acceptors (Lipinski definition) is 2. The van der Waals surface area contributed by atoms with Crippen LogP contribution in [0.2, 0.25) is 0 Å². The van der Waals surface area contributed by atoms with Crippen molar-refractivity contribution in [3.8, 4) is 11.1 Å². The average molecular weight is 319 g/mol. The standard InChI is InChI=1S/C20H17NOS/c1-15-7-5-6-10-19(15)21-20(22)12-11-18-13-17(14-23-18)16-8-3-2-4-9-16/h2-14H,1H3,(H,21,22)/b12-11+. The van der Waals surface area contributed by atoms with Gasteiger partial charge in [-0.3, -0.25) is 4.79 Å². The van der Waals surface area contributed by atoms with Crippen LogP contribution in [0.5, 0.6) is 0 Å². The van der Waals surface area contributed by atoms with Gasteiger partial charge in [-0.05, 0) is 47.2 Å². The highest BCUT2D eigenvalue weighted by Gasteiger charge is 2.02. The molecule has 2 nitrogen and oxygen atoms in total. The predicted molar refractivity (Wildman–Crippen MR) is 98.6 cm³/mol. The average Bonchev–Trinajstić information content (AvgIpc) is 3.05. The smallest absolute Gasteiger partial charge is 0.248 e. The van der Waals surface area contributed by atoms with E-state index < -0.39 is 0 Å². The molecule has 3 rings (SSSR count). The number of aryl methyl sites for hydroxylation is 1. The summed E-state index contributed by atoms with van der Waals surface area (Å²) in [5, 5.41) is 5.00. The van der Waals surface area contributed by atoms with Crippen LogP contribution in [0.4, 0.5) is 5.69 Å². The fourth-order valence-corrected chi connectivity index (χ4v) is 3.08. The molecular formula is C20H17NOS. The van der Waals surface area contributed by atoms with E-state index in [-0.39, 0.29) is 5.91 Å². The topological polar surface area (TPSA) is 29.1 Å². The van der Waals surface area contributed by atoms with Crippen LogP contribution in [-0.2, 0) is 4.79 Å². The van der Waals surface area contributed by atoms with Crippen molar-refractivity contribution in [2.24, 2.45) is 0 Å². The van der Waals surface area contributed by atoms with Gasteiger partial charge in [-0.2, -0.15) is 0 Å². The lowest BCUT2D eigenvalue weighted by molar-refractivity contribution is -0.111. The Labute approximate surface area is 140 Å². The van der Waals surface area contributed by atoms with Gasteiger partial charge >= 0.3 is 0 Å². The number of thiophene rings is 1. The molecule has 23 heavy (non-hydrogen) atoms. The summed E-state index contributed by atoms with van der Waals surface area (Å²) in [5.41, 5.74) is 4.26. The van der Waals surface area contributed by atoms with E-state index in [0.29, 0.717) is 0 Å². The third-order valence-corrected chi connectivity index (χ3v) is 4.43. The van der Waals surface area contributed by atoms with E-state index in [2.05, 4.69) is 28.9 Å². The van der Waals surface area contributed by atoms with Crippen LogP contribution in [0, 0.1) is 6.92 Å². The summed E-state index contributed by atoms with van der Waals surface area (Å²) in [4.78, 5) is 13.1. The number of benzene rings is 2. The normalized spacial score (nSPS) is 10.8. The lowest BCUT2D eigenvalue weighted by Crippen LogP contribution is -2.08. The van der Waals surface area contributed by atoms with E-state index >= 15 is 0 Å². The molecule has 2 aromatic carbocycles. The van der Waals surface area contributed by atoms with Crippen LogP contribution in [0.25, 0.3) is 17.2 Å². The number of amides is 1. The van der Waals surface area contributed by atoms with Crippen molar-refractivity contribution in [1.29, 1.82) is 0 Å². The van der Waals surface area contributed by atoms with Gasteiger partial charge < -0.3 is 5.32 Å². The van der Waals surface area contributed by atoms with E-state index in [9.17, 15) is 4.79 Å². The van der Waals surface area contributed by atoms with Crippen LogP contribution < -0.4 is 5.32 Å². The Morgan fingerprint density at radius 2 is 1.74 bits per heavy atom. The minimum atomic E-state index is -0.117. The highest BCUT2D eigenvalue weighted by atomic mass is 32.1. The summed E-state index contributed by atoms with van der Waals surface area (Å²) in [6.07, 6.45) is 3.43. The maximum Gasteiger partial charge on any atom is 0.248 e. The Bertz CT molecular complexity index is 834. The zero-order valence-corrected chi connectivity index (χ0v) is 13.6. The zero-order chi connectivity index (χ0) is 16.1. The molecule has 3 aromatic rings. The molecule has 0 aliphatic rings. The molecule has 0 radical (unpaired) electrons. The van der Waals surface area contributed by atoms with Gasteiger partial charge in [0, 0.05) is 16.6 Å². The molecule has 1 N–H and O–H groups in total. The molecule has 0 atom stereocenters. The molecule has 114 valence electrons. The summed E-state index contributed by atoms with van der Waals surface area (Å²) in [7, 11) is 0. The summed E-state index contributed by atoms with van der Waals surface area (Å²) < 4.78 is 0. The molecule has 0 unspecified atom stereocenters. The second kappa shape index (κ2) is 7.07. The van der Waals surface area contributed by atoms with Gasteiger partial charge in [0.2, 0.25) is 5.91 Å².